The highest BCUT2D eigenvalue weighted by Gasteiger charge is 2.15. The Morgan fingerprint density at radius 3 is 2.43 bits per heavy atom. The van der Waals surface area contributed by atoms with Crippen LogP contribution in [0, 0.1) is 11.6 Å². The molecule has 21 heavy (non-hydrogen) atoms. The molecule has 0 amide bonds. The Morgan fingerprint density at radius 2 is 1.76 bits per heavy atom. The summed E-state index contributed by atoms with van der Waals surface area (Å²) in [7, 11) is 0. The lowest BCUT2D eigenvalue weighted by Gasteiger charge is -2.20. The van der Waals surface area contributed by atoms with E-state index in [0.717, 1.165) is 13.0 Å². The third kappa shape index (κ3) is 4.53. The summed E-state index contributed by atoms with van der Waals surface area (Å²) in [5.41, 5.74) is 0.577. The van der Waals surface area contributed by atoms with Crippen LogP contribution in [0.3, 0.4) is 0 Å². The second-order valence-corrected chi connectivity index (χ2v) is 4.79. The SMILES string of the molecule is CCCNC(COc1ccc(F)cc1)c1ccccc1F. The second kappa shape index (κ2) is 7.74. The van der Waals surface area contributed by atoms with E-state index in [-0.39, 0.29) is 24.3 Å². The largest absolute Gasteiger partial charge is 0.492 e. The second-order valence-electron chi connectivity index (χ2n) is 4.79. The molecule has 0 saturated heterocycles. The highest BCUT2D eigenvalue weighted by atomic mass is 19.1. The third-order valence-electron chi connectivity index (χ3n) is 3.15. The van der Waals surface area contributed by atoms with E-state index in [1.165, 1.54) is 18.2 Å². The molecule has 0 radical (unpaired) electrons. The van der Waals surface area contributed by atoms with Gasteiger partial charge in [-0.25, -0.2) is 8.78 Å². The van der Waals surface area contributed by atoms with E-state index in [4.69, 9.17) is 4.74 Å². The number of benzene rings is 2. The smallest absolute Gasteiger partial charge is 0.128 e. The normalized spacial score (nSPS) is 12.1. The Morgan fingerprint density at radius 1 is 1.05 bits per heavy atom. The van der Waals surface area contributed by atoms with Crippen molar-refractivity contribution in [1.29, 1.82) is 0 Å². The predicted molar refractivity (Wildman–Crippen MR) is 79.3 cm³/mol. The number of halogens is 2. The molecule has 0 aliphatic heterocycles. The molecule has 0 spiro atoms. The Labute approximate surface area is 123 Å². The fourth-order valence-electron chi connectivity index (χ4n) is 2.05. The van der Waals surface area contributed by atoms with E-state index in [9.17, 15) is 8.78 Å². The molecule has 112 valence electrons. The molecule has 2 rings (SSSR count). The monoisotopic (exact) mass is 291 g/mol. The number of ether oxygens (including phenoxy) is 1. The van der Waals surface area contributed by atoms with Crippen LogP contribution < -0.4 is 10.1 Å². The average Bonchev–Trinajstić information content (AvgIpc) is 2.50. The molecule has 0 heterocycles. The molecular weight excluding hydrogens is 272 g/mol. The van der Waals surface area contributed by atoms with E-state index >= 15 is 0 Å². The molecule has 2 aromatic carbocycles. The van der Waals surface area contributed by atoms with E-state index in [1.54, 1.807) is 30.3 Å². The van der Waals surface area contributed by atoms with Crippen LogP contribution in [0.2, 0.25) is 0 Å². The van der Waals surface area contributed by atoms with Crippen molar-refractivity contribution in [2.45, 2.75) is 19.4 Å². The predicted octanol–water partition coefficient (Wildman–Crippen LogP) is 4.08. The Hall–Kier alpha value is -1.94. The zero-order chi connectivity index (χ0) is 15.1. The van der Waals surface area contributed by atoms with Gasteiger partial charge in [0.1, 0.15) is 24.0 Å². The Bertz CT molecular complexity index is 557. The van der Waals surface area contributed by atoms with Gasteiger partial charge in [0.25, 0.3) is 0 Å². The van der Waals surface area contributed by atoms with E-state index in [1.807, 2.05) is 6.92 Å². The molecule has 2 aromatic rings. The molecule has 1 unspecified atom stereocenters. The van der Waals surface area contributed by atoms with Gasteiger partial charge in [0.05, 0.1) is 6.04 Å². The third-order valence-corrected chi connectivity index (χ3v) is 3.15. The van der Waals surface area contributed by atoms with Crippen LogP contribution in [0.1, 0.15) is 24.9 Å². The molecule has 0 aromatic heterocycles. The number of hydrogen-bond acceptors (Lipinski definition) is 2. The highest BCUT2D eigenvalue weighted by molar-refractivity contribution is 5.24. The number of hydrogen-bond donors (Lipinski definition) is 1. The maximum Gasteiger partial charge on any atom is 0.128 e. The van der Waals surface area contributed by atoms with Gasteiger partial charge in [-0.3, -0.25) is 0 Å². The minimum absolute atomic E-state index is 0.240. The molecule has 0 aliphatic rings. The molecule has 1 N–H and O–H groups in total. The van der Waals surface area contributed by atoms with Gasteiger partial charge >= 0.3 is 0 Å². The lowest BCUT2D eigenvalue weighted by molar-refractivity contribution is 0.263. The standard InChI is InChI=1S/C17H19F2NO/c1-2-11-20-17(15-5-3-4-6-16(15)19)12-21-14-9-7-13(18)8-10-14/h3-10,17,20H,2,11-12H2,1H3. The molecule has 0 saturated carbocycles. The van der Waals surface area contributed by atoms with Crippen molar-refractivity contribution in [1.82, 2.24) is 5.32 Å². The highest BCUT2D eigenvalue weighted by Crippen LogP contribution is 2.19. The molecule has 4 heteroatoms. The Kier molecular flexibility index (Phi) is 5.69. The summed E-state index contributed by atoms with van der Waals surface area (Å²) in [6, 6.07) is 12.2. The van der Waals surface area contributed by atoms with Crippen LogP contribution >= 0.6 is 0 Å². The molecule has 0 bridgehead atoms. The van der Waals surface area contributed by atoms with Gasteiger partial charge in [0.15, 0.2) is 0 Å². The first-order valence-electron chi connectivity index (χ1n) is 7.07. The lowest BCUT2D eigenvalue weighted by atomic mass is 10.1. The summed E-state index contributed by atoms with van der Waals surface area (Å²) < 4.78 is 32.4. The van der Waals surface area contributed by atoms with Gasteiger partial charge in [-0.15, -0.1) is 0 Å². The van der Waals surface area contributed by atoms with Gasteiger partial charge < -0.3 is 10.1 Å². The minimum Gasteiger partial charge on any atom is -0.492 e. The van der Waals surface area contributed by atoms with Gasteiger partial charge in [-0.05, 0) is 43.3 Å². The Balaban J connectivity index is 2.06. The van der Waals surface area contributed by atoms with Crippen LogP contribution in [-0.2, 0) is 0 Å². The van der Waals surface area contributed by atoms with Crippen molar-refractivity contribution < 1.29 is 13.5 Å². The summed E-state index contributed by atoms with van der Waals surface area (Å²) in [5, 5.41) is 3.27. The van der Waals surface area contributed by atoms with E-state index in [0.29, 0.717) is 11.3 Å². The van der Waals surface area contributed by atoms with Gasteiger partial charge in [-0.1, -0.05) is 25.1 Å². The van der Waals surface area contributed by atoms with Gasteiger partial charge in [0.2, 0.25) is 0 Å². The first-order chi connectivity index (χ1) is 10.2. The minimum atomic E-state index is -0.308. The van der Waals surface area contributed by atoms with Crippen molar-refractivity contribution in [3.8, 4) is 5.75 Å². The summed E-state index contributed by atoms with van der Waals surface area (Å²) >= 11 is 0. The average molecular weight is 291 g/mol. The fourth-order valence-corrected chi connectivity index (χ4v) is 2.05. The van der Waals surface area contributed by atoms with E-state index in [2.05, 4.69) is 5.32 Å². The maximum atomic E-state index is 13.9. The molecule has 0 fully saturated rings. The van der Waals surface area contributed by atoms with Crippen molar-refractivity contribution >= 4 is 0 Å². The van der Waals surface area contributed by atoms with Crippen LogP contribution in [0.25, 0.3) is 0 Å². The van der Waals surface area contributed by atoms with Gasteiger partial charge in [-0.2, -0.15) is 0 Å². The lowest BCUT2D eigenvalue weighted by Crippen LogP contribution is -2.28. The summed E-state index contributed by atoms with van der Waals surface area (Å²) in [6.45, 7) is 3.10. The summed E-state index contributed by atoms with van der Waals surface area (Å²) in [6.07, 6.45) is 0.946. The van der Waals surface area contributed by atoms with Crippen LogP contribution in [-0.4, -0.2) is 13.2 Å². The first-order valence-corrected chi connectivity index (χ1v) is 7.07. The molecule has 2 nitrogen and oxygen atoms in total. The van der Waals surface area contributed by atoms with Crippen molar-refractivity contribution in [3.63, 3.8) is 0 Å². The van der Waals surface area contributed by atoms with Crippen molar-refractivity contribution in [2.24, 2.45) is 0 Å². The maximum absolute atomic E-state index is 13.9. The van der Waals surface area contributed by atoms with Crippen LogP contribution in [0.15, 0.2) is 48.5 Å². The van der Waals surface area contributed by atoms with E-state index < -0.39 is 0 Å². The molecule has 0 aliphatic carbocycles. The summed E-state index contributed by atoms with van der Waals surface area (Å²) in [4.78, 5) is 0. The fraction of sp³-hybridized carbons (Fsp3) is 0.294. The van der Waals surface area contributed by atoms with Gasteiger partial charge in [0, 0.05) is 5.56 Å². The molecule has 1 atom stereocenters. The quantitative estimate of drug-likeness (QED) is 0.830. The summed E-state index contributed by atoms with van der Waals surface area (Å²) in [5.74, 6) is 0.00181. The zero-order valence-electron chi connectivity index (χ0n) is 12.0. The zero-order valence-corrected chi connectivity index (χ0v) is 12.0. The molecular formula is C17H19F2NO. The van der Waals surface area contributed by atoms with Crippen LogP contribution in [0.5, 0.6) is 5.75 Å². The number of rotatable bonds is 7. The number of nitrogens with one attached hydrogen (secondary N) is 1. The van der Waals surface area contributed by atoms with Crippen LogP contribution in [0.4, 0.5) is 8.78 Å². The topological polar surface area (TPSA) is 21.3 Å². The van der Waals surface area contributed by atoms with Crippen molar-refractivity contribution in [2.75, 3.05) is 13.2 Å². The first kappa shape index (κ1) is 15.4. The van der Waals surface area contributed by atoms with Crippen molar-refractivity contribution in [3.05, 3.63) is 65.7 Å².